The summed E-state index contributed by atoms with van der Waals surface area (Å²) in [5, 5.41) is 2.49. The third-order valence-corrected chi connectivity index (χ3v) is 3.86. The molecule has 1 aromatic heterocycles. The molecular weight excluding hydrogens is 222 g/mol. The van der Waals surface area contributed by atoms with Gasteiger partial charge in [0.2, 0.25) is 0 Å². The molecule has 0 amide bonds. The molecule has 1 fully saturated rings. The summed E-state index contributed by atoms with van der Waals surface area (Å²) in [6.07, 6.45) is 6.48. The fraction of sp³-hybridized carbons (Fsp3) is 0.400. The summed E-state index contributed by atoms with van der Waals surface area (Å²) in [5.74, 6) is 0. The molecule has 1 aliphatic rings. The van der Waals surface area contributed by atoms with Crippen LogP contribution in [0.25, 0.3) is 10.8 Å². The van der Waals surface area contributed by atoms with E-state index in [9.17, 15) is 0 Å². The Morgan fingerprint density at radius 3 is 2.72 bits per heavy atom. The van der Waals surface area contributed by atoms with Crippen LogP contribution in [0, 0.1) is 0 Å². The minimum Gasteiger partial charge on any atom is -0.329 e. The van der Waals surface area contributed by atoms with Crippen LogP contribution >= 0.6 is 0 Å². The molecule has 18 heavy (non-hydrogen) atoms. The van der Waals surface area contributed by atoms with Crippen molar-refractivity contribution in [2.45, 2.75) is 18.9 Å². The lowest BCUT2D eigenvalue weighted by atomic mass is 10.0. The summed E-state index contributed by atoms with van der Waals surface area (Å²) in [6.45, 7) is 2.98. The number of hydrogen-bond donors (Lipinski definition) is 1. The van der Waals surface area contributed by atoms with Crippen molar-refractivity contribution in [2.75, 3.05) is 19.6 Å². The first kappa shape index (κ1) is 11.6. The zero-order valence-electron chi connectivity index (χ0n) is 10.5. The van der Waals surface area contributed by atoms with Crippen molar-refractivity contribution in [1.82, 2.24) is 9.88 Å². The second-order valence-electron chi connectivity index (χ2n) is 4.94. The van der Waals surface area contributed by atoms with Crippen LogP contribution in [0.1, 0.15) is 24.4 Å². The molecule has 0 saturated carbocycles. The van der Waals surface area contributed by atoms with E-state index in [1.165, 1.54) is 29.2 Å². The molecule has 3 nitrogen and oxygen atoms in total. The molecule has 0 radical (unpaired) electrons. The van der Waals surface area contributed by atoms with Crippen LogP contribution in [0.2, 0.25) is 0 Å². The van der Waals surface area contributed by atoms with E-state index in [-0.39, 0.29) is 0 Å². The maximum Gasteiger partial charge on any atom is 0.0491 e. The fourth-order valence-corrected chi connectivity index (χ4v) is 2.93. The van der Waals surface area contributed by atoms with Crippen molar-refractivity contribution >= 4 is 10.8 Å². The van der Waals surface area contributed by atoms with Gasteiger partial charge in [-0.25, -0.2) is 0 Å². The highest BCUT2D eigenvalue weighted by Crippen LogP contribution is 2.29. The highest BCUT2D eigenvalue weighted by molar-refractivity contribution is 5.85. The molecule has 3 heteroatoms. The molecule has 2 heterocycles. The summed E-state index contributed by atoms with van der Waals surface area (Å²) >= 11 is 0. The van der Waals surface area contributed by atoms with E-state index in [2.05, 4.69) is 34.1 Å². The van der Waals surface area contributed by atoms with Crippen molar-refractivity contribution in [3.05, 3.63) is 42.2 Å². The van der Waals surface area contributed by atoms with Gasteiger partial charge in [0.25, 0.3) is 0 Å². The average Bonchev–Trinajstić information content (AvgIpc) is 2.94. The number of likely N-dealkylation sites (tertiary alicyclic amines) is 1. The van der Waals surface area contributed by atoms with E-state index in [0.29, 0.717) is 12.6 Å². The van der Waals surface area contributed by atoms with E-state index in [0.717, 1.165) is 13.1 Å². The second-order valence-corrected chi connectivity index (χ2v) is 4.94. The van der Waals surface area contributed by atoms with Gasteiger partial charge in [-0.1, -0.05) is 24.3 Å². The molecule has 3 rings (SSSR count). The zero-order chi connectivity index (χ0) is 12.4. The first-order chi connectivity index (χ1) is 8.90. The Morgan fingerprint density at radius 2 is 1.94 bits per heavy atom. The first-order valence-electron chi connectivity index (χ1n) is 6.67. The van der Waals surface area contributed by atoms with E-state index < -0.39 is 0 Å². The Hall–Kier alpha value is -1.45. The van der Waals surface area contributed by atoms with Crippen LogP contribution in [0.15, 0.2) is 36.7 Å². The number of nitrogens with zero attached hydrogens (tertiary/aromatic N) is 2. The quantitative estimate of drug-likeness (QED) is 0.896. The Balaban J connectivity index is 2.06. The van der Waals surface area contributed by atoms with Gasteiger partial charge in [-0.2, -0.15) is 0 Å². The van der Waals surface area contributed by atoms with Crippen LogP contribution in [0.5, 0.6) is 0 Å². The normalized spacial score (nSPS) is 18.3. The average molecular weight is 241 g/mol. The number of pyridine rings is 1. The van der Waals surface area contributed by atoms with Crippen molar-refractivity contribution in [3.63, 3.8) is 0 Å². The maximum atomic E-state index is 6.01. The third-order valence-electron chi connectivity index (χ3n) is 3.86. The van der Waals surface area contributed by atoms with E-state index in [4.69, 9.17) is 5.73 Å². The summed E-state index contributed by atoms with van der Waals surface area (Å²) in [4.78, 5) is 6.86. The van der Waals surface area contributed by atoms with Gasteiger partial charge in [0, 0.05) is 30.4 Å². The maximum absolute atomic E-state index is 6.01. The molecule has 0 aliphatic carbocycles. The topological polar surface area (TPSA) is 42.1 Å². The van der Waals surface area contributed by atoms with Crippen molar-refractivity contribution in [2.24, 2.45) is 5.73 Å². The smallest absolute Gasteiger partial charge is 0.0491 e. The van der Waals surface area contributed by atoms with Crippen LogP contribution in [-0.4, -0.2) is 29.5 Å². The minimum atomic E-state index is 0.311. The molecule has 1 saturated heterocycles. The molecule has 0 spiro atoms. The molecule has 1 atom stereocenters. The van der Waals surface area contributed by atoms with Crippen LogP contribution in [-0.2, 0) is 0 Å². The standard InChI is InChI=1S/C15H19N3/c16-9-15(18-7-3-4-8-18)14-11-17-10-12-5-1-2-6-13(12)14/h1-2,5-6,10-11,15H,3-4,7-9,16H2. The fourth-order valence-electron chi connectivity index (χ4n) is 2.93. The number of rotatable bonds is 3. The Bertz CT molecular complexity index is 527. The summed E-state index contributed by atoms with van der Waals surface area (Å²) in [7, 11) is 0. The summed E-state index contributed by atoms with van der Waals surface area (Å²) in [5.41, 5.74) is 7.28. The molecule has 1 aliphatic heterocycles. The molecule has 1 aromatic carbocycles. The molecule has 0 bridgehead atoms. The van der Waals surface area contributed by atoms with E-state index in [1.807, 2.05) is 12.4 Å². The number of aromatic nitrogens is 1. The Kier molecular flexibility index (Phi) is 3.26. The number of fused-ring (bicyclic) bond motifs is 1. The van der Waals surface area contributed by atoms with Gasteiger partial charge in [0.15, 0.2) is 0 Å². The monoisotopic (exact) mass is 241 g/mol. The van der Waals surface area contributed by atoms with Gasteiger partial charge in [-0.15, -0.1) is 0 Å². The van der Waals surface area contributed by atoms with Crippen LogP contribution in [0.4, 0.5) is 0 Å². The van der Waals surface area contributed by atoms with Gasteiger partial charge in [0.1, 0.15) is 0 Å². The van der Waals surface area contributed by atoms with E-state index in [1.54, 1.807) is 0 Å². The van der Waals surface area contributed by atoms with Gasteiger partial charge < -0.3 is 5.73 Å². The predicted octanol–water partition coefficient (Wildman–Crippen LogP) is 2.33. The second kappa shape index (κ2) is 5.04. The molecule has 1 unspecified atom stereocenters. The SMILES string of the molecule is NCC(c1cncc2ccccc12)N1CCCC1. The van der Waals surface area contributed by atoms with Crippen LogP contribution in [0.3, 0.4) is 0 Å². The lowest BCUT2D eigenvalue weighted by Gasteiger charge is -2.27. The number of hydrogen-bond acceptors (Lipinski definition) is 3. The van der Waals surface area contributed by atoms with Gasteiger partial charge >= 0.3 is 0 Å². The zero-order valence-corrected chi connectivity index (χ0v) is 10.5. The van der Waals surface area contributed by atoms with Crippen molar-refractivity contribution < 1.29 is 0 Å². The summed E-state index contributed by atoms with van der Waals surface area (Å²) < 4.78 is 0. The molecular formula is C15H19N3. The van der Waals surface area contributed by atoms with Gasteiger partial charge in [0.05, 0.1) is 0 Å². The Labute approximate surface area is 108 Å². The lowest BCUT2D eigenvalue weighted by molar-refractivity contribution is 0.252. The lowest BCUT2D eigenvalue weighted by Crippen LogP contribution is -2.31. The third kappa shape index (κ3) is 2.00. The van der Waals surface area contributed by atoms with Crippen molar-refractivity contribution in [1.29, 1.82) is 0 Å². The minimum absolute atomic E-state index is 0.311. The predicted molar refractivity (Wildman–Crippen MR) is 74.3 cm³/mol. The highest BCUT2D eigenvalue weighted by Gasteiger charge is 2.23. The molecule has 2 aromatic rings. The molecule has 2 N–H and O–H groups in total. The number of nitrogens with two attached hydrogens (primary N) is 1. The first-order valence-corrected chi connectivity index (χ1v) is 6.67. The highest BCUT2D eigenvalue weighted by atomic mass is 15.2. The summed E-state index contributed by atoms with van der Waals surface area (Å²) in [6, 6.07) is 8.74. The number of benzene rings is 1. The van der Waals surface area contributed by atoms with E-state index >= 15 is 0 Å². The Morgan fingerprint density at radius 1 is 1.17 bits per heavy atom. The van der Waals surface area contributed by atoms with Crippen LogP contribution < -0.4 is 5.73 Å². The van der Waals surface area contributed by atoms with Gasteiger partial charge in [-0.3, -0.25) is 9.88 Å². The molecule has 94 valence electrons. The van der Waals surface area contributed by atoms with Gasteiger partial charge in [-0.05, 0) is 36.9 Å². The largest absolute Gasteiger partial charge is 0.329 e. The van der Waals surface area contributed by atoms with Crippen molar-refractivity contribution in [3.8, 4) is 0 Å².